The fraction of sp³-hybridized carbons (Fsp3) is 0.457. The average molecular weight is 527 g/mol. The van der Waals surface area contributed by atoms with E-state index in [1.807, 2.05) is 0 Å². The quantitative estimate of drug-likeness (QED) is 0.260. The Bertz CT molecular complexity index is 1200. The largest absolute Gasteiger partial charge is 0.497 e. The molecule has 1 saturated heterocycles. The van der Waals surface area contributed by atoms with Crippen LogP contribution in [0, 0.1) is 5.92 Å². The lowest BCUT2D eigenvalue weighted by Gasteiger charge is -2.29. The van der Waals surface area contributed by atoms with Crippen molar-refractivity contribution in [3.05, 3.63) is 94.4 Å². The monoisotopic (exact) mass is 526 g/mol. The molecular formula is C35H44NO3. The number of methoxy groups -OCH3 is 2. The van der Waals surface area contributed by atoms with Crippen molar-refractivity contribution in [1.29, 1.82) is 0 Å². The van der Waals surface area contributed by atoms with Crippen molar-refractivity contribution in [2.45, 2.75) is 64.2 Å². The molecule has 0 aromatic heterocycles. The number of rotatable bonds is 11. The lowest BCUT2D eigenvalue weighted by atomic mass is 9.75. The van der Waals surface area contributed by atoms with E-state index in [1.165, 1.54) is 66.1 Å². The fourth-order valence-corrected chi connectivity index (χ4v) is 6.28. The molecule has 3 aromatic rings. The SMILES string of the molecule is CC[C](Cc1ccc(OCCN2CCCCC2)cc1)c1cc(OC)ccc1C1CCc2cc(OC)ccc2C1. The number of piperidine rings is 1. The Morgan fingerprint density at radius 1 is 0.821 bits per heavy atom. The van der Waals surface area contributed by atoms with Crippen LogP contribution in [0.2, 0.25) is 0 Å². The number of hydrogen-bond acceptors (Lipinski definition) is 4. The van der Waals surface area contributed by atoms with Gasteiger partial charge < -0.3 is 14.2 Å². The van der Waals surface area contributed by atoms with Gasteiger partial charge in [0.25, 0.3) is 0 Å². The van der Waals surface area contributed by atoms with E-state index < -0.39 is 0 Å². The number of hydrogen-bond donors (Lipinski definition) is 0. The highest BCUT2D eigenvalue weighted by Gasteiger charge is 2.26. The Morgan fingerprint density at radius 3 is 2.28 bits per heavy atom. The topological polar surface area (TPSA) is 30.9 Å². The highest BCUT2D eigenvalue weighted by atomic mass is 16.5. The summed E-state index contributed by atoms with van der Waals surface area (Å²) in [6, 6.07) is 22.0. The maximum atomic E-state index is 6.08. The third-order valence-corrected chi connectivity index (χ3v) is 8.62. The van der Waals surface area contributed by atoms with Crippen molar-refractivity contribution >= 4 is 0 Å². The molecule has 1 aliphatic carbocycles. The van der Waals surface area contributed by atoms with Crippen LogP contribution in [0.3, 0.4) is 0 Å². The van der Waals surface area contributed by atoms with Crippen LogP contribution in [0.25, 0.3) is 0 Å². The Morgan fingerprint density at radius 2 is 1.54 bits per heavy atom. The minimum Gasteiger partial charge on any atom is -0.497 e. The van der Waals surface area contributed by atoms with Gasteiger partial charge in [0.05, 0.1) is 14.2 Å². The maximum Gasteiger partial charge on any atom is 0.119 e. The molecule has 0 saturated carbocycles. The Labute approximate surface area is 235 Å². The summed E-state index contributed by atoms with van der Waals surface area (Å²) < 4.78 is 17.2. The molecule has 207 valence electrons. The highest BCUT2D eigenvalue weighted by Crippen LogP contribution is 2.40. The van der Waals surface area contributed by atoms with Crippen molar-refractivity contribution in [1.82, 2.24) is 4.90 Å². The van der Waals surface area contributed by atoms with E-state index >= 15 is 0 Å². The second-order valence-electron chi connectivity index (χ2n) is 11.1. The first-order valence-electron chi connectivity index (χ1n) is 14.8. The molecule has 39 heavy (non-hydrogen) atoms. The van der Waals surface area contributed by atoms with E-state index in [-0.39, 0.29) is 0 Å². The minimum absolute atomic E-state index is 0.504. The van der Waals surface area contributed by atoms with E-state index in [0.717, 1.165) is 62.5 Å². The zero-order valence-electron chi connectivity index (χ0n) is 24.0. The zero-order chi connectivity index (χ0) is 27.0. The molecule has 0 amide bonds. The van der Waals surface area contributed by atoms with Gasteiger partial charge in [-0.15, -0.1) is 0 Å². The molecule has 5 rings (SSSR count). The average Bonchev–Trinajstić information content (AvgIpc) is 3.00. The van der Waals surface area contributed by atoms with Crippen LogP contribution >= 0.6 is 0 Å². The zero-order valence-corrected chi connectivity index (χ0v) is 24.0. The lowest BCUT2D eigenvalue weighted by molar-refractivity contribution is 0.183. The van der Waals surface area contributed by atoms with E-state index in [1.54, 1.807) is 14.2 Å². The molecule has 1 unspecified atom stereocenters. The predicted molar refractivity (Wildman–Crippen MR) is 159 cm³/mol. The number of benzene rings is 3. The number of likely N-dealkylation sites (tertiary alicyclic amines) is 1. The summed E-state index contributed by atoms with van der Waals surface area (Å²) in [5.74, 6) is 4.82. The third-order valence-electron chi connectivity index (χ3n) is 8.62. The molecule has 0 spiro atoms. The van der Waals surface area contributed by atoms with Gasteiger partial charge in [-0.1, -0.05) is 37.6 Å². The Kier molecular flexibility index (Phi) is 9.47. The summed E-state index contributed by atoms with van der Waals surface area (Å²) >= 11 is 0. The normalized spacial score (nSPS) is 17.6. The molecule has 4 nitrogen and oxygen atoms in total. The molecule has 0 bridgehead atoms. The fourth-order valence-electron chi connectivity index (χ4n) is 6.28. The summed E-state index contributed by atoms with van der Waals surface area (Å²) in [5, 5.41) is 0. The van der Waals surface area contributed by atoms with Gasteiger partial charge in [-0.2, -0.15) is 0 Å². The number of ether oxygens (including phenoxy) is 3. The molecule has 1 atom stereocenters. The van der Waals surface area contributed by atoms with Gasteiger partial charge >= 0.3 is 0 Å². The van der Waals surface area contributed by atoms with Crippen molar-refractivity contribution < 1.29 is 14.2 Å². The van der Waals surface area contributed by atoms with Gasteiger partial charge in [0.1, 0.15) is 23.9 Å². The van der Waals surface area contributed by atoms with Crippen molar-refractivity contribution in [3.63, 3.8) is 0 Å². The van der Waals surface area contributed by atoms with Crippen LogP contribution < -0.4 is 14.2 Å². The molecule has 4 heteroatoms. The van der Waals surface area contributed by atoms with Gasteiger partial charge in [-0.3, -0.25) is 4.90 Å². The smallest absolute Gasteiger partial charge is 0.119 e. The summed E-state index contributed by atoms with van der Waals surface area (Å²) in [4.78, 5) is 2.52. The van der Waals surface area contributed by atoms with Gasteiger partial charge in [0.15, 0.2) is 0 Å². The van der Waals surface area contributed by atoms with Gasteiger partial charge in [-0.25, -0.2) is 0 Å². The second-order valence-corrected chi connectivity index (χ2v) is 11.1. The van der Waals surface area contributed by atoms with E-state index in [2.05, 4.69) is 72.5 Å². The van der Waals surface area contributed by atoms with Gasteiger partial charge in [0, 0.05) is 12.5 Å². The Hall–Kier alpha value is -2.98. The molecule has 1 radical (unpaired) electrons. The summed E-state index contributed by atoms with van der Waals surface area (Å²) in [6.45, 7) is 6.49. The standard InChI is InChI=1S/C35H44NO3/c1-4-27(22-26-8-13-31(14-9-26)39-21-20-36-18-6-5-7-19-36)35-25-33(38-3)16-17-34(35)30-11-10-29-24-32(37-2)15-12-28(29)23-30/h8-9,12-17,24-25,30H,4-7,10-11,18-23H2,1-3H3. The third kappa shape index (κ3) is 6.97. The first kappa shape index (κ1) is 27.6. The predicted octanol–water partition coefficient (Wildman–Crippen LogP) is 7.42. The summed E-state index contributed by atoms with van der Waals surface area (Å²) in [7, 11) is 3.51. The summed E-state index contributed by atoms with van der Waals surface area (Å²) in [5.41, 5.74) is 7.01. The van der Waals surface area contributed by atoms with Crippen LogP contribution in [0.1, 0.15) is 72.8 Å². The summed E-state index contributed by atoms with van der Waals surface area (Å²) in [6.07, 6.45) is 9.27. The molecular weight excluding hydrogens is 482 g/mol. The molecule has 2 aliphatic rings. The van der Waals surface area contributed by atoms with E-state index in [4.69, 9.17) is 14.2 Å². The van der Waals surface area contributed by atoms with E-state index in [0.29, 0.717) is 5.92 Å². The van der Waals surface area contributed by atoms with Crippen LogP contribution in [-0.2, 0) is 19.3 Å². The molecule has 1 aliphatic heterocycles. The van der Waals surface area contributed by atoms with E-state index in [9.17, 15) is 0 Å². The molecule has 1 heterocycles. The van der Waals surface area contributed by atoms with Crippen molar-refractivity contribution in [3.8, 4) is 17.2 Å². The highest BCUT2D eigenvalue weighted by molar-refractivity contribution is 5.49. The first-order valence-corrected chi connectivity index (χ1v) is 14.8. The van der Waals surface area contributed by atoms with Crippen molar-refractivity contribution in [2.75, 3.05) is 40.5 Å². The Balaban J connectivity index is 1.27. The van der Waals surface area contributed by atoms with Gasteiger partial charge in [-0.05, 0) is 128 Å². The lowest BCUT2D eigenvalue weighted by Crippen LogP contribution is -2.33. The number of nitrogens with zero attached hydrogens (tertiary/aromatic N) is 1. The van der Waals surface area contributed by atoms with Crippen molar-refractivity contribution in [2.24, 2.45) is 0 Å². The first-order chi connectivity index (χ1) is 19.2. The molecule has 3 aromatic carbocycles. The van der Waals surface area contributed by atoms with Crippen LogP contribution in [0.15, 0.2) is 60.7 Å². The maximum absolute atomic E-state index is 6.08. The second kappa shape index (κ2) is 13.4. The van der Waals surface area contributed by atoms with Crippen LogP contribution in [0.4, 0.5) is 0 Å². The molecule has 0 N–H and O–H groups in total. The molecule has 1 fully saturated rings. The van der Waals surface area contributed by atoms with Crippen LogP contribution in [0.5, 0.6) is 17.2 Å². The number of fused-ring (bicyclic) bond motifs is 1. The van der Waals surface area contributed by atoms with Gasteiger partial charge in [0.2, 0.25) is 0 Å². The minimum atomic E-state index is 0.504. The number of aryl methyl sites for hydroxylation is 1. The van der Waals surface area contributed by atoms with Crippen LogP contribution in [-0.4, -0.2) is 45.4 Å².